The fourth-order valence-electron chi connectivity index (χ4n) is 2.38. The lowest BCUT2D eigenvalue weighted by Gasteiger charge is -2.30. The highest BCUT2D eigenvalue weighted by molar-refractivity contribution is 6.34. The van der Waals surface area contributed by atoms with Crippen LogP contribution in [0.4, 0.5) is 0 Å². The predicted octanol–water partition coefficient (Wildman–Crippen LogP) is 3.12. The second kappa shape index (κ2) is 6.79. The number of halogens is 2. The van der Waals surface area contributed by atoms with Crippen LogP contribution in [0, 0.1) is 0 Å². The molecule has 1 aromatic heterocycles. The van der Waals surface area contributed by atoms with E-state index in [1.54, 1.807) is 12.1 Å². The van der Waals surface area contributed by atoms with Gasteiger partial charge in [0.2, 0.25) is 0 Å². The van der Waals surface area contributed by atoms with Gasteiger partial charge < -0.3 is 9.84 Å². The fourth-order valence-corrected chi connectivity index (χ4v) is 2.93. The van der Waals surface area contributed by atoms with E-state index in [0.717, 1.165) is 25.2 Å². The number of aromatic nitrogens is 2. The highest BCUT2D eigenvalue weighted by atomic mass is 35.5. The third-order valence-electron chi connectivity index (χ3n) is 3.57. The number of piperazine rings is 1. The molecular formula is C15H16Cl2N4O. The Hall–Kier alpha value is -1.40. The van der Waals surface area contributed by atoms with Gasteiger partial charge >= 0.3 is 0 Å². The van der Waals surface area contributed by atoms with Crippen molar-refractivity contribution in [1.82, 2.24) is 20.4 Å². The van der Waals surface area contributed by atoms with Crippen molar-refractivity contribution in [1.29, 1.82) is 0 Å². The summed E-state index contributed by atoms with van der Waals surface area (Å²) in [5.41, 5.74) is 0.883. The standard InChI is InChI=1S/C15H16Cl2N4O/c1-21-5-4-18-9-13(21)15-19-14(22-20-15)3-2-10-6-11(16)8-12(17)7-10/h2-3,6-8,13,18H,4-5,9H2,1H3/b3-2+. The van der Waals surface area contributed by atoms with E-state index in [4.69, 9.17) is 27.7 Å². The number of nitrogens with one attached hydrogen (secondary N) is 1. The van der Waals surface area contributed by atoms with Gasteiger partial charge in [0.15, 0.2) is 5.82 Å². The molecule has 1 atom stereocenters. The molecule has 0 amide bonds. The Bertz CT molecular complexity index is 666. The molecule has 1 aromatic carbocycles. The Morgan fingerprint density at radius 1 is 1.27 bits per heavy atom. The third-order valence-corrected chi connectivity index (χ3v) is 4.01. The molecule has 0 spiro atoms. The number of nitrogens with zero attached hydrogens (tertiary/aromatic N) is 3. The molecule has 7 heteroatoms. The second-order valence-corrected chi connectivity index (χ2v) is 6.10. The monoisotopic (exact) mass is 338 g/mol. The molecule has 0 saturated carbocycles. The van der Waals surface area contributed by atoms with E-state index in [-0.39, 0.29) is 6.04 Å². The molecule has 1 saturated heterocycles. The first-order chi connectivity index (χ1) is 10.6. The summed E-state index contributed by atoms with van der Waals surface area (Å²) in [5, 5.41) is 8.58. The summed E-state index contributed by atoms with van der Waals surface area (Å²) in [7, 11) is 2.06. The second-order valence-electron chi connectivity index (χ2n) is 5.23. The quantitative estimate of drug-likeness (QED) is 0.931. The van der Waals surface area contributed by atoms with E-state index >= 15 is 0 Å². The SMILES string of the molecule is CN1CCNCC1c1noc(/C=C/c2cc(Cl)cc(Cl)c2)n1. The molecule has 1 N–H and O–H groups in total. The zero-order chi connectivity index (χ0) is 15.5. The van der Waals surface area contributed by atoms with Crippen LogP contribution in [0.3, 0.4) is 0 Å². The van der Waals surface area contributed by atoms with Crippen molar-refractivity contribution in [2.24, 2.45) is 0 Å². The molecule has 5 nitrogen and oxygen atoms in total. The van der Waals surface area contributed by atoms with Crippen molar-refractivity contribution in [2.45, 2.75) is 6.04 Å². The van der Waals surface area contributed by atoms with Crippen LogP contribution in [0.15, 0.2) is 22.7 Å². The third kappa shape index (κ3) is 3.67. The van der Waals surface area contributed by atoms with Gasteiger partial charge in [0.25, 0.3) is 5.89 Å². The zero-order valence-corrected chi connectivity index (χ0v) is 13.6. The molecule has 116 valence electrons. The van der Waals surface area contributed by atoms with Gasteiger partial charge in [-0.2, -0.15) is 4.98 Å². The van der Waals surface area contributed by atoms with Gasteiger partial charge in [0, 0.05) is 35.8 Å². The molecule has 1 aliphatic heterocycles. The van der Waals surface area contributed by atoms with Crippen LogP contribution in [-0.2, 0) is 0 Å². The number of hydrogen-bond acceptors (Lipinski definition) is 5. The van der Waals surface area contributed by atoms with Crippen molar-refractivity contribution in [3.63, 3.8) is 0 Å². The summed E-state index contributed by atoms with van der Waals surface area (Å²) < 4.78 is 5.28. The number of hydrogen-bond donors (Lipinski definition) is 1. The summed E-state index contributed by atoms with van der Waals surface area (Å²) in [5.74, 6) is 1.16. The van der Waals surface area contributed by atoms with Gasteiger partial charge in [-0.05, 0) is 36.9 Å². The van der Waals surface area contributed by atoms with Crippen LogP contribution in [0.1, 0.15) is 23.3 Å². The van der Waals surface area contributed by atoms with Crippen molar-refractivity contribution >= 4 is 35.4 Å². The minimum atomic E-state index is 0.139. The first kappa shape index (κ1) is 15.5. The Kier molecular flexibility index (Phi) is 4.78. The Labute approximate surface area is 138 Å². The summed E-state index contributed by atoms with van der Waals surface area (Å²) in [4.78, 5) is 6.65. The average Bonchev–Trinajstić information content (AvgIpc) is 2.93. The molecule has 1 unspecified atom stereocenters. The predicted molar refractivity (Wildman–Crippen MR) is 87.9 cm³/mol. The van der Waals surface area contributed by atoms with Gasteiger partial charge in [-0.3, -0.25) is 4.90 Å². The highest BCUT2D eigenvalue weighted by Gasteiger charge is 2.24. The van der Waals surface area contributed by atoms with E-state index in [0.29, 0.717) is 21.8 Å². The van der Waals surface area contributed by atoms with Crippen LogP contribution in [0.25, 0.3) is 12.2 Å². The fraction of sp³-hybridized carbons (Fsp3) is 0.333. The first-order valence-electron chi connectivity index (χ1n) is 7.00. The Morgan fingerprint density at radius 3 is 2.77 bits per heavy atom. The largest absolute Gasteiger partial charge is 0.335 e. The molecule has 0 aliphatic carbocycles. The topological polar surface area (TPSA) is 54.2 Å². The highest BCUT2D eigenvalue weighted by Crippen LogP contribution is 2.21. The van der Waals surface area contributed by atoms with Gasteiger partial charge in [0.1, 0.15) is 0 Å². The van der Waals surface area contributed by atoms with Crippen LogP contribution < -0.4 is 5.32 Å². The molecule has 1 fully saturated rings. The number of rotatable bonds is 3. The molecular weight excluding hydrogens is 323 g/mol. The molecule has 2 aromatic rings. The lowest BCUT2D eigenvalue weighted by Crippen LogP contribution is -2.44. The van der Waals surface area contributed by atoms with Gasteiger partial charge in [-0.25, -0.2) is 0 Å². The minimum Gasteiger partial charge on any atom is -0.335 e. The van der Waals surface area contributed by atoms with Gasteiger partial charge in [0.05, 0.1) is 6.04 Å². The first-order valence-corrected chi connectivity index (χ1v) is 7.76. The summed E-state index contributed by atoms with van der Waals surface area (Å²) in [6, 6.07) is 5.47. The minimum absolute atomic E-state index is 0.139. The maximum absolute atomic E-state index is 5.97. The maximum atomic E-state index is 5.97. The van der Waals surface area contributed by atoms with Crippen LogP contribution in [-0.4, -0.2) is 41.7 Å². The summed E-state index contributed by atoms with van der Waals surface area (Å²) in [6.45, 7) is 2.77. The van der Waals surface area contributed by atoms with Crippen LogP contribution in [0.2, 0.25) is 10.0 Å². The molecule has 0 bridgehead atoms. The van der Waals surface area contributed by atoms with Crippen molar-refractivity contribution in [3.8, 4) is 0 Å². The van der Waals surface area contributed by atoms with Gasteiger partial charge in [-0.15, -0.1) is 0 Å². The van der Waals surface area contributed by atoms with E-state index < -0.39 is 0 Å². The summed E-state index contributed by atoms with van der Waals surface area (Å²) >= 11 is 11.9. The molecule has 0 radical (unpaired) electrons. The molecule has 2 heterocycles. The maximum Gasteiger partial charge on any atom is 0.250 e. The zero-order valence-electron chi connectivity index (χ0n) is 12.1. The number of benzene rings is 1. The lowest BCUT2D eigenvalue weighted by atomic mass is 10.2. The molecule has 1 aliphatic rings. The smallest absolute Gasteiger partial charge is 0.250 e. The van der Waals surface area contributed by atoms with E-state index in [2.05, 4.69) is 27.4 Å². The van der Waals surface area contributed by atoms with Crippen LogP contribution >= 0.6 is 23.2 Å². The van der Waals surface area contributed by atoms with Crippen molar-refractivity contribution in [2.75, 3.05) is 26.7 Å². The summed E-state index contributed by atoms with van der Waals surface area (Å²) in [6.07, 6.45) is 3.60. The van der Waals surface area contributed by atoms with E-state index in [1.165, 1.54) is 0 Å². The van der Waals surface area contributed by atoms with Crippen molar-refractivity contribution < 1.29 is 4.52 Å². The Morgan fingerprint density at radius 2 is 2.05 bits per heavy atom. The Balaban J connectivity index is 1.74. The lowest BCUT2D eigenvalue weighted by molar-refractivity contribution is 0.190. The average molecular weight is 339 g/mol. The molecule has 22 heavy (non-hydrogen) atoms. The number of likely N-dealkylation sites (N-methyl/N-ethyl adjacent to an activating group) is 1. The molecule has 3 rings (SSSR count). The van der Waals surface area contributed by atoms with Crippen molar-refractivity contribution in [3.05, 3.63) is 45.5 Å². The van der Waals surface area contributed by atoms with E-state index in [1.807, 2.05) is 18.2 Å². The van der Waals surface area contributed by atoms with Gasteiger partial charge in [-0.1, -0.05) is 28.4 Å². The van der Waals surface area contributed by atoms with Crippen LogP contribution in [0.5, 0.6) is 0 Å². The van der Waals surface area contributed by atoms with E-state index in [9.17, 15) is 0 Å². The normalized spacial score (nSPS) is 19.9.